The Bertz CT molecular complexity index is 306. The first-order valence-corrected chi connectivity index (χ1v) is 10.1. The summed E-state index contributed by atoms with van der Waals surface area (Å²) in [6.45, 7) is 5.86. The van der Waals surface area contributed by atoms with Gasteiger partial charge in [0.2, 0.25) is 11.8 Å². The summed E-state index contributed by atoms with van der Waals surface area (Å²) < 4.78 is 0. The normalized spacial score (nSPS) is 10.6. The van der Waals surface area contributed by atoms with Crippen LogP contribution in [0.1, 0.15) is 97.3 Å². The van der Waals surface area contributed by atoms with Crippen molar-refractivity contribution in [3.05, 3.63) is 6.42 Å². The fourth-order valence-corrected chi connectivity index (χ4v) is 2.49. The van der Waals surface area contributed by atoms with E-state index in [1.165, 1.54) is 12.8 Å². The monoisotopic (exact) mass is 339 g/mol. The van der Waals surface area contributed by atoms with Gasteiger partial charge in [0, 0.05) is 25.9 Å². The lowest BCUT2D eigenvalue weighted by atomic mass is 10.1. The third-order valence-corrected chi connectivity index (χ3v) is 4.08. The van der Waals surface area contributed by atoms with E-state index in [0.29, 0.717) is 12.8 Å². The van der Waals surface area contributed by atoms with E-state index in [0.717, 1.165) is 70.9 Å². The van der Waals surface area contributed by atoms with Crippen molar-refractivity contribution < 1.29 is 9.59 Å². The van der Waals surface area contributed by atoms with Crippen LogP contribution in [0.4, 0.5) is 0 Å². The van der Waals surface area contributed by atoms with Gasteiger partial charge in [0.15, 0.2) is 0 Å². The fraction of sp³-hybridized carbons (Fsp3) is 0.850. The minimum atomic E-state index is 0.189. The minimum Gasteiger partial charge on any atom is -0.356 e. The van der Waals surface area contributed by atoms with Gasteiger partial charge in [-0.3, -0.25) is 9.59 Å². The quantitative estimate of drug-likeness (QED) is 0.382. The van der Waals surface area contributed by atoms with Crippen molar-refractivity contribution in [2.45, 2.75) is 97.3 Å². The van der Waals surface area contributed by atoms with E-state index >= 15 is 0 Å². The van der Waals surface area contributed by atoms with E-state index < -0.39 is 0 Å². The third kappa shape index (κ3) is 17.3. The summed E-state index contributed by atoms with van der Waals surface area (Å²) in [5, 5.41) is 5.96. The zero-order valence-corrected chi connectivity index (χ0v) is 16.0. The number of amides is 2. The largest absolute Gasteiger partial charge is 0.356 e. The van der Waals surface area contributed by atoms with Crippen LogP contribution in [0.25, 0.3) is 0 Å². The van der Waals surface area contributed by atoms with E-state index in [9.17, 15) is 9.59 Å². The second-order valence-corrected chi connectivity index (χ2v) is 6.54. The van der Waals surface area contributed by atoms with Crippen LogP contribution in [-0.2, 0) is 9.59 Å². The predicted octanol–water partition coefficient (Wildman–Crippen LogP) is 4.53. The molecule has 0 fully saturated rings. The van der Waals surface area contributed by atoms with Gasteiger partial charge in [0.25, 0.3) is 0 Å². The lowest BCUT2D eigenvalue weighted by Gasteiger charge is -2.06. The average Bonchev–Trinajstić information content (AvgIpc) is 2.58. The summed E-state index contributed by atoms with van der Waals surface area (Å²) in [6, 6.07) is 0. The van der Waals surface area contributed by atoms with Crippen molar-refractivity contribution >= 4 is 11.8 Å². The number of hydrogen-bond acceptors (Lipinski definition) is 2. The van der Waals surface area contributed by atoms with E-state index in [-0.39, 0.29) is 11.8 Å². The summed E-state index contributed by atoms with van der Waals surface area (Å²) in [4.78, 5) is 22.9. The molecule has 0 saturated carbocycles. The van der Waals surface area contributed by atoms with Gasteiger partial charge >= 0.3 is 0 Å². The predicted molar refractivity (Wildman–Crippen MR) is 102 cm³/mol. The molecule has 0 bridgehead atoms. The maximum Gasteiger partial charge on any atom is 0.219 e. The molecule has 0 spiro atoms. The number of nitrogens with one attached hydrogen (secondary N) is 2. The molecular formula is C20H39N2O2. The molecule has 0 aliphatic rings. The highest BCUT2D eigenvalue weighted by Gasteiger charge is 2.00. The highest BCUT2D eigenvalue weighted by molar-refractivity contribution is 5.76. The summed E-state index contributed by atoms with van der Waals surface area (Å²) >= 11 is 0. The Hall–Kier alpha value is -1.06. The molecule has 1 radical (unpaired) electrons. The van der Waals surface area contributed by atoms with Crippen molar-refractivity contribution in [3.8, 4) is 0 Å². The van der Waals surface area contributed by atoms with Crippen LogP contribution < -0.4 is 10.6 Å². The van der Waals surface area contributed by atoms with Gasteiger partial charge in [-0.05, 0) is 38.5 Å². The minimum absolute atomic E-state index is 0.189. The first-order chi connectivity index (χ1) is 11.7. The number of carbonyl (C=O) groups is 2. The molecule has 0 aromatic carbocycles. The molecule has 0 aromatic rings. The molecule has 141 valence electrons. The first kappa shape index (κ1) is 22.9. The van der Waals surface area contributed by atoms with Gasteiger partial charge < -0.3 is 10.6 Å². The number of hydrogen-bond donors (Lipinski definition) is 2. The van der Waals surface area contributed by atoms with Crippen LogP contribution in [0, 0.1) is 6.42 Å². The molecule has 0 rings (SSSR count). The Balaban J connectivity index is 3.17. The molecule has 0 aliphatic carbocycles. The Morgan fingerprint density at radius 3 is 1.92 bits per heavy atom. The highest BCUT2D eigenvalue weighted by Crippen LogP contribution is 2.06. The van der Waals surface area contributed by atoms with E-state index in [1.54, 1.807) is 0 Å². The molecule has 4 heteroatoms. The third-order valence-electron chi connectivity index (χ3n) is 4.08. The van der Waals surface area contributed by atoms with Crippen molar-refractivity contribution in [2.75, 3.05) is 13.1 Å². The van der Waals surface area contributed by atoms with E-state index in [1.807, 2.05) is 0 Å². The molecule has 0 aliphatic heterocycles. The van der Waals surface area contributed by atoms with Gasteiger partial charge in [-0.25, -0.2) is 0 Å². The van der Waals surface area contributed by atoms with Gasteiger partial charge in [-0.15, -0.1) is 0 Å². The van der Waals surface area contributed by atoms with Crippen LogP contribution in [0.3, 0.4) is 0 Å². The van der Waals surface area contributed by atoms with Crippen molar-refractivity contribution in [1.29, 1.82) is 0 Å². The maximum atomic E-state index is 11.5. The topological polar surface area (TPSA) is 58.2 Å². The summed E-state index contributed by atoms with van der Waals surface area (Å²) in [7, 11) is 0. The van der Waals surface area contributed by atoms with Crippen LogP contribution in [0.15, 0.2) is 0 Å². The molecule has 0 aromatic heterocycles. The average molecular weight is 340 g/mol. The van der Waals surface area contributed by atoms with Gasteiger partial charge in [0.05, 0.1) is 0 Å². The number of rotatable bonds is 17. The van der Waals surface area contributed by atoms with Gasteiger partial charge in [0.1, 0.15) is 0 Å². The van der Waals surface area contributed by atoms with Gasteiger partial charge in [-0.1, -0.05) is 52.4 Å². The lowest BCUT2D eigenvalue weighted by molar-refractivity contribution is -0.122. The Kier molecular flexibility index (Phi) is 17.5. The molecular weight excluding hydrogens is 300 g/mol. The molecule has 4 nitrogen and oxygen atoms in total. The summed E-state index contributed by atoms with van der Waals surface area (Å²) in [5.41, 5.74) is 0. The zero-order chi connectivity index (χ0) is 17.9. The number of carbonyl (C=O) groups excluding carboxylic acids is 2. The molecule has 2 amide bonds. The zero-order valence-electron chi connectivity index (χ0n) is 16.0. The van der Waals surface area contributed by atoms with Gasteiger partial charge in [-0.2, -0.15) is 0 Å². The van der Waals surface area contributed by atoms with Crippen LogP contribution >= 0.6 is 0 Å². The SMILES string of the molecule is CCCCCC(=O)NCCCCC[CH]CCCNC(=O)CCCC. The fourth-order valence-electron chi connectivity index (χ4n) is 2.49. The van der Waals surface area contributed by atoms with Crippen molar-refractivity contribution in [2.24, 2.45) is 0 Å². The summed E-state index contributed by atoms with van der Waals surface area (Å²) in [5.74, 6) is 0.393. The van der Waals surface area contributed by atoms with Crippen molar-refractivity contribution in [3.63, 3.8) is 0 Å². The first-order valence-electron chi connectivity index (χ1n) is 10.1. The van der Waals surface area contributed by atoms with Crippen LogP contribution in [0.2, 0.25) is 0 Å². The van der Waals surface area contributed by atoms with E-state index in [4.69, 9.17) is 0 Å². The summed E-state index contributed by atoms with van der Waals surface area (Å²) in [6.07, 6.45) is 15.7. The molecule has 0 atom stereocenters. The standard InChI is InChI=1S/C20H39N2O2/c1-3-5-12-16-20(24)22-18-14-11-9-7-8-10-13-17-21-19(23)15-6-4-2/h8H,3-7,9-18H2,1-2H3,(H,21,23)(H,22,24). The van der Waals surface area contributed by atoms with Crippen LogP contribution in [-0.4, -0.2) is 24.9 Å². The van der Waals surface area contributed by atoms with Crippen molar-refractivity contribution in [1.82, 2.24) is 10.6 Å². The van der Waals surface area contributed by atoms with Crippen LogP contribution in [0.5, 0.6) is 0 Å². The maximum absolute atomic E-state index is 11.5. The smallest absolute Gasteiger partial charge is 0.219 e. The molecule has 2 N–H and O–H groups in total. The lowest BCUT2D eigenvalue weighted by Crippen LogP contribution is -2.24. The molecule has 0 heterocycles. The molecule has 0 unspecified atom stereocenters. The molecule has 24 heavy (non-hydrogen) atoms. The molecule has 0 saturated heterocycles. The highest BCUT2D eigenvalue weighted by atomic mass is 16.2. The Morgan fingerprint density at radius 2 is 1.25 bits per heavy atom. The van der Waals surface area contributed by atoms with E-state index in [2.05, 4.69) is 30.9 Å². The second kappa shape index (κ2) is 18.3. The Labute approximate surface area is 149 Å². The Morgan fingerprint density at radius 1 is 0.667 bits per heavy atom. The second-order valence-electron chi connectivity index (χ2n) is 6.54. The number of unbranched alkanes of at least 4 members (excludes halogenated alkanes) is 9.